The van der Waals surface area contributed by atoms with Gasteiger partial charge in [0.05, 0.1) is 0 Å². The van der Waals surface area contributed by atoms with Gasteiger partial charge in [-0.3, -0.25) is 0 Å². The lowest BCUT2D eigenvalue weighted by Crippen LogP contribution is -2.38. The summed E-state index contributed by atoms with van der Waals surface area (Å²) in [4.78, 5) is 11.2. The average molecular weight is 314 g/mol. The molecular weight excluding hydrogens is 292 g/mol. The molecule has 2 rings (SSSR count). The minimum Gasteiger partial charge on any atom is -0.477 e. The molecule has 1 N–H and O–H groups in total. The third kappa shape index (κ3) is 3.13. The van der Waals surface area contributed by atoms with Crippen LogP contribution in [0.4, 0.5) is 0 Å². The van der Waals surface area contributed by atoms with Crippen molar-refractivity contribution in [3.63, 3.8) is 0 Å². The van der Waals surface area contributed by atoms with Crippen molar-refractivity contribution in [2.24, 2.45) is 5.92 Å². The summed E-state index contributed by atoms with van der Waals surface area (Å²) in [5.74, 6) is -0.519. The predicted molar refractivity (Wildman–Crippen MR) is 78.8 cm³/mol. The van der Waals surface area contributed by atoms with Crippen molar-refractivity contribution in [3.8, 4) is 0 Å². The van der Waals surface area contributed by atoms with E-state index < -0.39 is 16.0 Å². The zero-order chi connectivity index (χ0) is 15.6. The molecule has 1 fully saturated rings. The van der Waals surface area contributed by atoms with Crippen molar-refractivity contribution in [2.45, 2.75) is 44.6 Å². The minimum atomic E-state index is -3.59. The number of carboxylic acids is 1. The number of hydrogen-bond donors (Lipinski definition) is 1. The number of rotatable bonds is 5. The number of aromatic carboxylic acids is 1. The number of nitrogens with zero attached hydrogens (tertiary/aromatic N) is 2. The van der Waals surface area contributed by atoms with Crippen LogP contribution in [0.3, 0.4) is 0 Å². The fraction of sp³-hybridized carbons (Fsp3) is 0.643. The highest BCUT2D eigenvalue weighted by Crippen LogP contribution is 2.26. The SMILES string of the molecule is CCC1CCN(S(=O)(=O)c2cc(C(=O)O)n(CC)c2)CC1. The second-order valence-corrected chi connectivity index (χ2v) is 7.35. The van der Waals surface area contributed by atoms with Crippen LogP contribution >= 0.6 is 0 Å². The molecule has 7 heteroatoms. The fourth-order valence-corrected chi connectivity index (χ4v) is 4.28. The monoisotopic (exact) mass is 314 g/mol. The molecule has 0 aromatic carbocycles. The van der Waals surface area contributed by atoms with Crippen molar-refractivity contribution >= 4 is 16.0 Å². The number of aromatic nitrogens is 1. The summed E-state index contributed by atoms with van der Waals surface area (Å²) in [6, 6.07) is 1.26. The Balaban J connectivity index is 2.26. The van der Waals surface area contributed by atoms with E-state index in [-0.39, 0.29) is 10.6 Å². The van der Waals surface area contributed by atoms with Crippen molar-refractivity contribution in [1.29, 1.82) is 0 Å². The van der Waals surface area contributed by atoms with Gasteiger partial charge in [-0.05, 0) is 31.7 Å². The molecule has 0 atom stereocenters. The summed E-state index contributed by atoms with van der Waals surface area (Å²) in [5, 5.41) is 9.12. The van der Waals surface area contributed by atoms with E-state index in [4.69, 9.17) is 5.11 Å². The van der Waals surface area contributed by atoms with Crippen molar-refractivity contribution in [2.75, 3.05) is 13.1 Å². The largest absolute Gasteiger partial charge is 0.477 e. The summed E-state index contributed by atoms with van der Waals surface area (Å²) in [6.45, 7) is 5.36. The summed E-state index contributed by atoms with van der Waals surface area (Å²) in [6.07, 6.45) is 4.24. The molecular formula is C14H22N2O4S. The first-order valence-electron chi connectivity index (χ1n) is 7.33. The van der Waals surface area contributed by atoms with Crippen LogP contribution in [0.15, 0.2) is 17.2 Å². The van der Waals surface area contributed by atoms with Crippen LogP contribution < -0.4 is 0 Å². The molecule has 6 nitrogen and oxygen atoms in total. The van der Waals surface area contributed by atoms with Crippen LogP contribution in [0.5, 0.6) is 0 Å². The molecule has 0 spiro atoms. The number of piperidine rings is 1. The molecule has 1 saturated heterocycles. The molecule has 0 unspecified atom stereocenters. The first-order valence-corrected chi connectivity index (χ1v) is 8.77. The zero-order valence-electron chi connectivity index (χ0n) is 12.4. The lowest BCUT2D eigenvalue weighted by Gasteiger charge is -2.30. The highest BCUT2D eigenvalue weighted by molar-refractivity contribution is 7.89. The van der Waals surface area contributed by atoms with E-state index in [9.17, 15) is 13.2 Å². The van der Waals surface area contributed by atoms with Gasteiger partial charge in [-0.2, -0.15) is 4.31 Å². The summed E-state index contributed by atoms with van der Waals surface area (Å²) in [5.41, 5.74) is 0.0134. The first kappa shape index (κ1) is 16.0. The van der Waals surface area contributed by atoms with E-state index in [1.165, 1.54) is 21.1 Å². The van der Waals surface area contributed by atoms with Crippen molar-refractivity contribution in [1.82, 2.24) is 8.87 Å². The molecule has 0 amide bonds. The third-order valence-electron chi connectivity index (χ3n) is 4.22. The van der Waals surface area contributed by atoms with E-state index in [1.54, 1.807) is 6.92 Å². The Morgan fingerprint density at radius 2 is 1.95 bits per heavy atom. The number of carbonyl (C=O) groups is 1. The van der Waals surface area contributed by atoms with Crippen LogP contribution in [0.2, 0.25) is 0 Å². The van der Waals surface area contributed by atoms with Crippen LogP contribution in [-0.4, -0.2) is 41.5 Å². The van der Waals surface area contributed by atoms with Gasteiger partial charge in [0.25, 0.3) is 0 Å². The van der Waals surface area contributed by atoms with Crippen molar-refractivity contribution in [3.05, 3.63) is 18.0 Å². The normalized spacial score (nSPS) is 18.0. The van der Waals surface area contributed by atoms with E-state index in [0.29, 0.717) is 25.6 Å². The van der Waals surface area contributed by atoms with Gasteiger partial charge >= 0.3 is 5.97 Å². The molecule has 0 saturated carbocycles. The summed E-state index contributed by atoms with van der Waals surface area (Å²) >= 11 is 0. The molecule has 0 radical (unpaired) electrons. The quantitative estimate of drug-likeness (QED) is 0.901. The Bertz CT molecular complexity index is 613. The Kier molecular flexibility index (Phi) is 4.73. The van der Waals surface area contributed by atoms with Gasteiger partial charge in [-0.15, -0.1) is 0 Å². The minimum absolute atomic E-state index is 0.0134. The van der Waals surface area contributed by atoms with Gasteiger partial charge in [-0.25, -0.2) is 13.2 Å². The van der Waals surface area contributed by atoms with E-state index in [1.807, 2.05) is 0 Å². The molecule has 118 valence electrons. The Morgan fingerprint density at radius 3 is 2.38 bits per heavy atom. The average Bonchev–Trinajstić information content (AvgIpc) is 2.92. The standard InChI is InChI=1S/C14H22N2O4S/c1-3-11-5-7-16(8-6-11)21(19,20)12-9-13(14(17)18)15(4-2)10-12/h9-11H,3-8H2,1-2H3,(H,17,18). The van der Waals surface area contributed by atoms with Crippen molar-refractivity contribution < 1.29 is 18.3 Å². The summed E-state index contributed by atoms with van der Waals surface area (Å²) < 4.78 is 28.1. The van der Waals surface area contributed by atoms with Crippen LogP contribution in [0, 0.1) is 5.92 Å². The molecule has 1 aliphatic heterocycles. The maximum absolute atomic E-state index is 12.6. The molecule has 1 aliphatic rings. The molecule has 0 bridgehead atoms. The lowest BCUT2D eigenvalue weighted by molar-refractivity contribution is 0.0685. The first-order chi connectivity index (χ1) is 9.90. The van der Waals surface area contributed by atoms with Crippen LogP contribution in [0.1, 0.15) is 43.6 Å². The van der Waals surface area contributed by atoms with Gasteiger partial charge in [0.15, 0.2) is 0 Å². The van der Waals surface area contributed by atoms with E-state index >= 15 is 0 Å². The molecule has 1 aromatic heterocycles. The number of carboxylic acid groups (broad SMARTS) is 1. The summed E-state index contributed by atoms with van der Waals surface area (Å²) in [7, 11) is -3.59. The highest BCUT2D eigenvalue weighted by atomic mass is 32.2. The molecule has 0 aliphatic carbocycles. The maximum atomic E-state index is 12.6. The van der Waals surface area contributed by atoms with E-state index in [2.05, 4.69) is 6.92 Å². The maximum Gasteiger partial charge on any atom is 0.352 e. The van der Waals surface area contributed by atoms with Gasteiger partial charge in [-0.1, -0.05) is 13.3 Å². The fourth-order valence-electron chi connectivity index (χ4n) is 2.77. The number of aryl methyl sites for hydroxylation is 1. The molecule has 2 heterocycles. The Morgan fingerprint density at radius 1 is 1.33 bits per heavy atom. The van der Waals surface area contributed by atoms with Gasteiger partial charge in [0, 0.05) is 25.8 Å². The lowest BCUT2D eigenvalue weighted by atomic mass is 9.96. The predicted octanol–water partition coefficient (Wildman–Crippen LogP) is 2.02. The zero-order valence-corrected chi connectivity index (χ0v) is 13.3. The highest BCUT2D eigenvalue weighted by Gasteiger charge is 2.30. The van der Waals surface area contributed by atoms with Gasteiger partial charge in [0.2, 0.25) is 10.0 Å². The second-order valence-electron chi connectivity index (χ2n) is 5.41. The van der Waals surface area contributed by atoms with Crippen LogP contribution in [-0.2, 0) is 16.6 Å². The van der Waals surface area contributed by atoms with E-state index in [0.717, 1.165) is 19.3 Å². The smallest absolute Gasteiger partial charge is 0.352 e. The molecule has 1 aromatic rings. The topological polar surface area (TPSA) is 79.6 Å². The number of hydrogen-bond acceptors (Lipinski definition) is 3. The Labute approximate surface area is 125 Å². The number of sulfonamides is 1. The van der Waals surface area contributed by atoms with Gasteiger partial charge in [0.1, 0.15) is 10.6 Å². The Hall–Kier alpha value is -1.34. The molecule has 21 heavy (non-hydrogen) atoms. The van der Waals surface area contributed by atoms with Crippen LogP contribution in [0.25, 0.3) is 0 Å². The third-order valence-corrected chi connectivity index (χ3v) is 6.08. The van der Waals surface area contributed by atoms with Gasteiger partial charge < -0.3 is 9.67 Å². The second kappa shape index (κ2) is 6.19.